The zero-order chi connectivity index (χ0) is 25.4. The number of carboxylic acid groups (broad SMARTS) is 1. The van der Waals surface area contributed by atoms with Crippen LogP contribution in [0.25, 0.3) is 0 Å². The van der Waals surface area contributed by atoms with Crippen LogP contribution in [-0.4, -0.2) is 43.8 Å². The molecule has 2 heterocycles. The second kappa shape index (κ2) is 9.20. The Hall–Kier alpha value is -4.22. The molecule has 1 atom stereocenters. The number of rotatable bonds is 6. The van der Waals surface area contributed by atoms with Crippen molar-refractivity contribution < 1.29 is 39.1 Å². The number of aryl methyl sites for hydroxylation is 1. The number of phenols is 2. The van der Waals surface area contributed by atoms with E-state index < -0.39 is 29.3 Å². The molecule has 0 fully saturated rings. The van der Waals surface area contributed by atoms with Gasteiger partial charge in [0.15, 0.2) is 17.2 Å². The number of benzene rings is 2. The summed E-state index contributed by atoms with van der Waals surface area (Å²) in [6.07, 6.45) is 2.95. The summed E-state index contributed by atoms with van der Waals surface area (Å²) in [6, 6.07) is 1.84. The van der Waals surface area contributed by atoms with Gasteiger partial charge in [-0.25, -0.2) is 19.6 Å². The number of esters is 1. The summed E-state index contributed by atoms with van der Waals surface area (Å²) >= 11 is 0. The summed E-state index contributed by atoms with van der Waals surface area (Å²) in [5.41, 5.74) is 6.18. The molecule has 11 heteroatoms. The van der Waals surface area contributed by atoms with Crippen molar-refractivity contribution >= 4 is 11.9 Å². The number of hydrogen-bond acceptors (Lipinski definition) is 10. The van der Waals surface area contributed by atoms with Crippen molar-refractivity contribution in [1.82, 2.24) is 9.97 Å². The Bertz CT molecular complexity index is 1340. The zero-order valence-corrected chi connectivity index (χ0v) is 19.2. The number of hydrogen-bond donors (Lipinski definition) is 4. The lowest BCUT2D eigenvalue weighted by molar-refractivity contribution is 0.0691. The third kappa shape index (κ3) is 4.00. The lowest BCUT2D eigenvalue weighted by Gasteiger charge is -2.21. The summed E-state index contributed by atoms with van der Waals surface area (Å²) in [5, 5.41) is 31.3. The Morgan fingerprint density at radius 1 is 1.14 bits per heavy atom. The van der Waals surface area contributed by atoms with Gasteiger partial charge in [0.05, 0.1) is 23.8 Å². The molecule has 2 aromatic carbocycles. The zero-order valence-electron chi connectivity index (χ0n) is 19.2. The van der Waals surface area contributed by atoms with Crippen molar-refractivity contribution in [1.29, 1.82) is 0 Å². The van der Waals surface area contributed by atoms with Crippen LogP contribution in [0.15, 0.2) is 24.5 Å². The minimum absolute atomic E-state index is 0.00220. The summed E-state index contributed by atoms with van der Waals surface area (Å²) in [7, 11) is 0. The molecule has 0 spiro atoms. The van der Waals surface area contributed by atoms with Crippen LogP contribution in [0.5, 0.6) is 28.7 Å². The highest BCUT2D eigenvalue weighted by Crippen LogP contribution is 2.51. The number of ether oxygens (including phenoxy) is 3. The Morgan fingerprint density at radius 2 is 1.83 bits per heavy atom. The van der Waals surface area contributed by atoms with Crippen LogP contribution in [-0.2, 0) is 11.3 Å². The lowest BCUT2D eigenvalue weighted by Crippen LogP contribution is -2.18. The molecular formula is C24H23N3O8. The molecule has 0 amide bonds. The lowest BCUT2D eigenvalue weighted by atomic mass is 9.96. The van der Waals surface area contributed by atoms with E-state index in [1.54, 1.807) is 19.9 Å². The normalized spacial score (nSPS) is 13.2. The van der Waals surface area contributed by atoms with Crippen molar-refractivity contribution in [2.45, 2.75) is 33.4 Å². The van der Waals surface area contributed by atoms with Crippen molar-refractivity contribution in [3.63, 3.8) is 0 Å². The SMILES string of the molecule is CCOCc1c(O)c(C(=O)O)c(C)c2c1OC(=O)c1c(C)cc(O)c(C(N)c3ncccn3)c1O2. The monoisotopic (exact) mass is 481 g/mol. The number of carbonyl (C=O) groups excluding carboxylic acids is 1. The first-order chi connectivity index (χ1) is 16.7. The highest BCUT2D eigenvalue weighted by molar-refractivity contribution is 6.00. The van der Waals surface area contributed by atoms with Gasteiger partial charge in [0.25, 0.3) is 0 Å². The fourth-order valence-electron chi connectivity index (χ4n) is 3.98. The highest BCUT2D eigenvalue weighted by Gasteiger charge is 2.37. The molecule has 1 aliphatic rings. The Kier molecular flexibility index (Phi) is 6.29. The molecule has 0 bridgehead atoms. The molecule has 1 aliphatic heterocycles. The Morgan fingerprint density at radius 3 is 2.46 bits per heavy atom. The Balaban J connectivity index is 2.02. The van der Waals surface area contributed by atoms with E-state index in [0.29, 0.717) is 5.56 Å². The Labute approximate surface area is 199 Å². The van der Waals surface area contributed by atoms with E-state index in [-0.39, 0.29) is 64.3 Å². The van der Waals surface area contributed by atoms with Gasteiger partial charge in [0.1, 0.15) is 28.5 Å². The fourth-order valence-corrected chi connectivity index (χ4v) is 3.98. The standard InChI is InChI=1S/C24H23N3O8/c1-4-33-9-12-18(29)15(23(30)31)11(3)19-20(12)35-24(32)14-10(2)8-13(28)16(21(14)34-19)17(25)22-26-6-5-7-27-22/h5-8,17,28-29H,4,9,25H2,1-3H3,(H,30,31). The van der Waals surface area contributed by atoms with E-state index in [4.69, 9.17) is 19.9 Å². The minimum atomic E-state index is -1.42. The maximum Gasteiger partial charge on any atom is 0.347 e. The van der Waals surface area contributed by atoms with Crippen LogP contribution in [0.1, 0.15) is 61.8 Å². The van der Waals surface area contributed by atoms with Gasteiger partial charge in [-0.3, -0.25) is 0 Å². The maximum absolute atomic E-state index is 13.3. The molecule has 1 aromatic heterocycles. The predicted molar refractivity (Wildman–Crippen MR) is 121 cm³/mol. The van der Waals surface area contributed by atoms with Crippen LogP contribution in [0.3, 0.4) is 0 Å². The van der Waals surface area contributed by atoms with Gasteiger partial charge in [-0.05, 0) is 38.5 Å². The second-order valence-corrected chi connectivity index (χ2v) is 7.83. The third-order valence-corrected chi connectivity index (χ3v) is 5.66. The molecule has 0 saturated carbocycles. The van der Waals surface area contributed by atoms with E-state index in [0.717, 1.165) is 0 Å². The molecule has 35 heavy (non-hydrogen) atoms. The number of phenolic OH excluding ortho intramolecular Hbond substituents is 1. The van der Waals surface area contributed by atoms with Gasteiger partial charge in [-0.2, -0.15) is 0 Å². The highest BCUT2D eigenvalue weighted by atomic mass is 16.6. The summed E-state index contributed by atoms with van der Waals surface area (Å²) < 4.78 is 17.1. The number of carboxylic acids is 1. The minimum Gasteiger partial charge on any atom is -0.507 e. The van der Waals surface area contributed by atoms with E-state index in [9.17, 15) is 24.9 Å². The van der Waals surface area contributed by atoms with Crippen LogP contribution >= 0.6 is 0 Å². The van der Waals surface area contributed by atoms with Gasteiger partial charge in [-0.1, -0.05) is 0 Å². The predicted octanol–water partition coefficient (Wildman–Crippen LogP) is 3.11. The van der Waals surface area contributed by atoms with Crippen molar-refractivity contribution in [3.05, 3.63) is 63.7 Å². The van der Waals surface area contributed by atoms with Crippen LogP contribution in [0, 0.1) is 13.8 Å². The summed E-state index contributed by atoms with van der Waals surface area (Å²) in [5.74, 6) is -3.43. The molecule has 182 valence electrons. The average Bonchev–Trinajstić information content (AvgIpc) is 2.96. The number of fused-ring (bicyclic) bond motifs is 2. The van der Waals surface area contributed by atoms with Gasteiger partial charge < -0.3 is 35.3 Å². The van der Waals surface area contributed by atoms with E-state index in [2.05, 4.69) is 9.97 Å². The second-order valence-electron chi connectivity index (χ2n) is 7.83. The first-order valence-corrected chi connectivity index (χ1v) is 10.7. The number of aromatic nitrogens is 2. The number of aromatic hydroxyl groups is 2. The van der Waals surface area contributed by atoms with Crippen LogP contribution in [0.2, 0.25) is 0 Å². The van der Waals surface area contributed by atoms with Gasteiger partial charge >= 0.3 is 11.9 Å². The maximum atomic E-state index is 13.3. The molecular weight excluding hydrogens is 458 g/mol. The molecule has 11 nitrogen and oxygen atoms in total. The quantitative estimate of drug-likeness (QED) is 0.301. The van der Waals surface area contributed by atoms with Crippen LogP contribution < -0.4 is 15.2 Å². The van der Waals surface area contributed by atoms with Gasteiger partial charge in [-0.15, -0.1) is 0 Å². The number of aromatic carboxylic acids is 1. The molecule has 3 aromatic rings. The van der Waals surface area contributed by atoms with Crippen molar-refractivity contribution in [2.24, 2.45) is 5.73 Å². The molecule has 0 radical (unpaired) electrons. The summed E-state index contributed by atoms with van der Waals surface area (Å²) in [6.45, 7) is 4.70. The summed E-state index contributed by atoms with van der Waals surface area (Å²) in [4.78, 5) is 33.5. The largest absolute Gasteiger partial charge is 0.507 e. The fraction of sp³-hybridized carbons (Fsp3) is 0.250. The molecule has 4 rings (SSSR count). The first kappa shape index (κ1) is 23.9. The molecule has 5 N–H and O–H groups in total. The smallest absolute Gasteiger partial charge is 0.347 e. The third-order valence-electron chi connectivity index (χ3n) is 5.66. The van der Waals surface area contributed by atoms with E-state index >= 15 is 0 Å². The number of nitrogens with zero attached hydrogens (tertiary/aromatic N) is 2. The topological polar surface area (TPSA) is 174 Å². The molecule has 0 aliphatic carbocycles. The molecule has 1 unspecified atom stereocenters. The number of carbonyl (C=O) groups is 2. The molecule has 0 saturated heterocycles. The van der Waals surface area contributed by atoms with Gasteiger partial charge in [0, 0.05) is 24.6 Å². The van der Waals surface area contributed by atoms with E-state index in [1.807, 2.05) is 0 Å². The number of nitrogens with two attached hydrogens (primary N) is 1. The average molecular weight is 481 g/mol. The van der Waals surface area contributed by atoms with Gasteiger partial charge in [0.2, 0.25) is 0 Å². The van der Waals surface area contributed by atoms with E-state index in [1.165, 1.54) is 25.4 Å². The van der Waals surface area contributed by atoms with Crippen molar-refractivity contribution in [2.75, 3.05) is 6.61 Å². The van der Waals surface area contributed by atoms with Crippen LogP contribution in [0.4, 0.5) is 0 Å². The van der Waals surface area contributed by atoms with Crippen molar-refractivity contribution in [3.8, 4) is 28.7 Å². The first-order valence-electron chi connectivity index (χ1n) is 10.7.